The van der Waals surface area contributed by atoms with E-state index in [0.29, 0.717) is 5.56 Å². The van der Waals surface area contributed by atoms with E-state index < -0.39 is 25.4 Å². The molecule has 0 aliphatic carbocycles. The first-order valence-electron chi connectivity index (χ1n) is 5.04. The minimum atomic E-state index is -4.45. The third-order valence-electron chi connectivity index (χ3n) is 1.79. The quantitative estimate of drug-likeness (QED) is 0.279. The number of halogens is 5. The molecular formula is C12H9ClF4O2. The Bertz CT molecular complexity index is 477. The highest BCUT2D eigenvalue weighted by molar-refractivity contribution is 6.19. The summed E-state index contributed by atoms with van der Waals surface area (Å²) in [6.45, 7) is -2.16. The van der Waals surface area contributed by atoms with E-state index in [2.05, 4.69) is 16.6 Å². The molecule has 19 heavy (non-hydrogen) atoms. The molecular weight excluding hydrogens is 288 g/mol. The van der Waals surface area contributed by atoms with Crippen LogP contribution in [0.25, 0.3) is 0 Å². The standard InChI is InChI=1S/C12H9ClF4O2/c13-5-1-2-9-3-4-10(14)11(6-9)19-8-18-7-12(15,16)17/h3-4,6H,5,7-8H2. The molecule has 0 atom stereocenters. The molecule has 0 fully saturated rings. The van der Waals surface area contributed by atoms with E-state index in [-0.39, 0.29) is 11.6 Å². The smallest absolute Gasteiger partial charge is 0.411 e. The van der Waals surface area contributed by atoms with E-state index in [4.69, 9.17) is 16.3 Å². The Morgan fingerprint density at radius 2 is 2.00 bits per heavy atom. The van der Waals surface area contributed by atoms with E-state index in [0.717, 1.165) is 6.07 Å². The first kappa shape index (κ1) is 15.6. The van der Waals surface area contributed by atoms with Crippen LogP contribution in [-0.4, -0.2) is 25.5 Å². The van der Waals surface area contributed by atoms with Crippen molar-refractivity contribution < 1.29 is 27.0 Å². The van der Waals surface area contributed by atoms with Crippen molar-refractivity contribution in [3.63, 3.8) is 0 Å². The van der Waals surface area contributed by atoms with Gasteiger partial charge in [0, 0.05) is 5.56 Å². The number of ether oxygens (including phenoxy) is 2. The second-order valence-electron chi connectivity index (χ2n) is 3.31. The summed E-state index contributed by atoms with van der Waals surface area (Å²) in [6.07, 6.45) is -4.45. The molecule has 0 aliphatic rings. The molecule has 0 amide bonds. The second-order valence-corrected chi connectivity index (χ2v) is 3.57. The zero-order valence-corrected chi connectivity index (χ0v) is 10.3. The predicted molar refractivity (Wildman–Crippen MR) is 61.5 cm³/mol. The molecule has 0 spiro atoms. The Balaban J connectivity index is 2.57. The van der Waals surface area contributed by atoms with E-state index >= 15 is 0 Å². The molecule has 104 valence electrons. The van der Waals surface area contributed by atoms with Crippen molar-refractivity contribution in [3.8, 4) is 17.6 Å². The van der Waals surface area contributed by atoms with Crippen LogP contribution in [0.4, 0.5) is 17.6 Å². The van der Waals surface area contributed by atoms with Crippen molar-refractivity contribution >= 4 is 11.6 Å². The Morgan fingerprint density at radius 3 is 2.63 bits per heavy atom. The molecule has 0 radical (unpaired) electrons. The minimum Gasteiger partial charge on any atom is -0.464 e. The lowest BCUT2D eigenvalue weighted by atomic mass is 10.2. The lowest BCUT2D eigenvalue weighted by Gasteiger charge is -2.10. The number of hydrogen-bond acceptors (Lipinski definition) is 2. The lowest BCUT2D eigenvalue weighted by Crippen LogP contribution is -2.19. The van der Waals surface area contributed by atoms with Gasteiger partial charge in [-0.25, -0.2) is 4.39 Å². The van der Waals surface area contributed by atoms with Crippen LogP contribution in [-0.2, 0) is 4.74 Å². The van der Waals surface area contributed by atoms with Crippen molar-refractivity contribution in [2.75, 3.05) is 19.3 Å². The molecule has 0 aliphatic heterocycles. The third kappa shape index (κ3) is 6.32. The fraction of sp³-hybridized carbons (Fsp3) is 0.333. The monoisotopic (exact) mass is 296 g/mol. The maximum atomic E-state index is 13.3. The van der Waals surface area contributed by atoms with Crippen LogP contribution in [0.15, 0.2) is 18.2 Å². The van der Waals surface area contributed by atoms with Gasteiger partial charge in [0.25, 0.3) is 0 Å². The molecule has 0 unspecified atom stereocenters. The normalized spacial score (nSPS) is 10.8. The predicted octanol–water partition coefficient (Wildman–Crippen LogP) is 3.33. The molecule has 0 N–H and O–H groups in total. The summed E-state index contributed by atoms with van der Waals surface area (Å²) in [4.78, 5) is 0. The Morgan fingerprint density at radius 1 is 1.26 bits per heavy atom. The van der Waals surface area contributed by atoms with Gasteiger partial charge in [0.1, 0.15) is 6.61 Å². The minimum absolute atomic E-state index is 0.113. The summed E-state index contributed by atoms with van der Waals surface area (Å²) >= 11 is 5.36. The third-order valence-corrected chi connectivity index (χ3v) is 1.93. The average molecular weight is 297 g/mol. The van der Waals surface area contributed by atoms with Crippen LogP contribution >= 0.6 is 11.6 Å². The van der Waals surface area contributed by atoms with E-state index in [9.17, 15) is 17.6 Å². The number of benzene rings is 1. The topological polar surface area (TPSA) is 18.5 Å². The Kier molecular flexibility index (Phi) is 5.93. The molecule has 1 aromatic carbocycles. The SMILES string of the molecule is Fc1ccc(C#CCCl)cc1OCOCC(F)(F)F. The van der Waals surface area contributed by atoms with E-state index in [1.165, 1.54) is 12.1 Å². The fourth-order valence-electron chi connectivity index (χ4n) is 1.09. The average Bonchev–Trinajstić information content (AvgIpc) is 2.33. The molecule has 0 heterocycles. The van der Waals surface area contributed by atoms with Crippen LogP contribution in [0.2, 0.25) is 0 Å². The van der Waals surface area contributed by atoms with Gasteiger partial charge in [0.2, 0.25) is 0 Å². The summed E-state index contributed by atoms with van der Waals surface area (Å²) in [5.74, 6) is 4.35. The van der Waals surface area contributed by atoms with Crippen LogP contribution in [0.1, 0.15) is 5.56 Å². The molecule has 0 aromatic heterocycles. The van der Waals surface area contributed by atoms with Crippen LogP contribution in [0.5, 0.6) is 5.75 Å². The first-order chi connectivity index (χ1) is 8.92. The van der Waals surface area contributed by atoms with E-state index in [1.54, 1.807) is 0 Å². The molecule has 1 rings (SSSR count). The van der Waals surface area contributed by atoms with E-state index in [1.807, 2.05) is 0 Å². The van der Waals surface area contributed by atoms with Gasteiger partial charge in [0.05, 0.1) is 5.88 Å². The zero-order valence-electron chi connectivity index (χ0n) is 9.56. The molecule has 0 bridgehead atoms. The highest BCUT2D eigenvalue weighted by Crippen LogP contribution is 2.19. The maximum Gasteiger partial charge on any atom is 0.411 e. The summed E-state index contributed by atoms with van der Waals surface area (Å²) in [5.41, 5.74) is 0.438. The Labute approximate surface area is 112 Å². The largest absolute Gasteiger partial charge is 0.464 e. The van der Waals surface area contributed by atoms with Gasteiger partial charge < -0.3 is 9.47 Å². The Hall–Kier alpha value is -1.45. The summed E-state index contributed by atoms with van der Waals surface area (Å²) in [7, 11) is 0. The summed E-state index contributed by atoms with van der Waals surface area (Å²) in [5, 5.41) is 0. The summed E-state index contributed by atoms with van der Waals surface area (Å²) < 4.78 is 57.6. The number of hydrogen-bond donors (Lipinski definition) is 0. The van der Waals surface area contributed by atoms with Crippen molar-refractivity contribution in [1.82, 2.24) is 0 Å². The second kappa shape index (κ2) is 7.22. The molecule has 2 nitrogen and oxygen atoms in total. The molecule has 0 saturated carbocycles. The van der Waals surface area contributed by atoms with Gasteiger partial charge in [-0.1, -0.05) is 11.8 Å². The maximum absolute atomic E-state index is 13.3. The van der Waals surface area contributed by atoms with Gasteiger partial charge >= 0.3 is 6.18 Å². The van der Waals surface area contributed by atoms with Crippen LogP contribution < -0.4 is 4.74 Å². The highest BCUT2D eigenvalue weighted by Gasteiger charge is 2.27. The number of rotatable bonds is 4. The van der Waals surface area contributed by atoms with Crippen molar-refractivity contribution in [1.29, 1.82) is 0 Å². The lowest BCUT2D eigenvalue weighted by molar-refractivity contribution is -0.187. The molecule has 0 saturated heterocycles. The van der Waals surface area contributed by atoms with Gasteiger partial charge in [-0.3, -0.25) is 0 Å². The van der Waals surface area contributed by atoms with Crippen LogP contribution in [0, 0.1) is 17.7 Å². The number of alkyl halides is 4. The van der Waals surface area contributed by atoms with Crippen LogP contribution in [0.3, 0.4) is 0 Å². The van der Waals surface area contributed by atoms with Crippen molar-refractivity contribution in [2.24, 2.45) is 0 Å². The van der Waals surface area contributed by atoms with Gasteiger partial charge in [-0.2, -0.15) is 13.2 Å². The van der Waals surface area contributed by atoms with Crippen molar-refractivity contribution in [3.05, 3.63) is 29.6 Å². The first-order valence-corrected chi connectivity index (χ1v) is 5.57. The summed E-state index contributed by atoms with van der Waals surface area (Å²) in [6, 6.07) is 3.75. The molecule has 7 heteroatoms. The van der Waals surface area contributed by atoms with Gasteiger partial charge in [-0.05, 0) is 18.2 Å². The highest BCUT2D eigenvalue weighted by atomic mass is 35.5. The van der Waals surface area contributed by atoms with Gasteiger partial charge in [-0.15, -0.1) is 11.6 Å². The van der Waals surface area contributed by atoms with Gasteiger partial charge in [0.15, 0.2) is 18.4 Å². The molecule has 1 aromatic rings. The fourth-order valence-corrected chi connectivity index (χ4v) is 1.16. The zero-order chi connectivity index (χ0) is 14.3. The van der Waals surface area contributed by atoms with Crippen molar-refractivity contribution in [2.45, 2.75) is 6.18 Å².